The minimum Gasteiger partial charge on any atom is -0.494 e. The fourth-order valence-corrected chi connectivity index (χ4v) is 1.08. The maximum Gasteiger partial charge on any atom is 0.492 e. The third-order valence-corrected chi connectivity index (χ3v) is 1.64. The van der Waals surface area contributed by atoms with Gasteiger partial charge in [0, 0.05) is 11.7 Å². The molecule has 0 aliphatic heterocycles. The lowest BCUT2D eigenvalue weighted by molar-refractivity contribution is 0.402. The first-order valence-corrected chi connectivity index (χ1v) is 3.59. The number of methoxy groups -OCH3 is 1. The van der Waals surface area contributed by atoms with Crippen molar-refractivity contribution < 1.29 is 14.8 Å². The Morgan fingerprint density at radius 3 is 2.67 bits per heavy atom. The van der Waals surface area contributed by atoms with Gasteiger partial charge in [0.25, 0.3) is 0 Å². The first kappa shape index (κ1) is 9.31. The summed E-state index contributed by atoms with van der Waals surface area (Å²) in [5.74, 6) is 0.189. The summed E-state index contributed by atoms with van der Waals surface area (Å²) in [5.41, 5.74) is 0.206. The largest absolute Gasteiger partial charge is 0.494 e. The highest BCUT2D eigenvalue weighted by Crippen LogP contribution is 2.17. The molecule has 12 heavy (non-hydrogen) atoms. The van der Waals surface area contributed by atoms with Gasteiger partial charge in [-0.1, -0.05) is 11.6 Å². The van der Waals surface area contributed by atoms with Crippen LogP contribution in [-0.2, 0) is 0 Å². The maximum atomic E-state index is 8.85. The summed E-state index contributed by atoms with van der Waals surface area (Å²) >= 11 is 5.62. The smallest absolute Gasteiger partial charge is 0.492 e. The molecule has 1 aromatic heterocycles. The van der Waals surface area contributed by atoms with E-state index in [1.54, 1.807) is 0 Å². The summed E-state index contributed by atoms with van der Waals surface area (Å²) in [5, 5.41) is 17.8. The van der Waals surface area contributed by atoms with Gasteiger partial charge in [-0.3, -0.25) is 0 Å². The Balaban J connectivity index is 3.18. The van der Waals surface area contributed by atoms with E-state index in [0.29, 0.717) is 0 Å². The highest BCUT2D eigenvalue weighted by Gasteiger charge is 2.19. The number of aromatic nitrogens is 1. The van der Waals surface area contributed by atoms with Gasteiger partial charge < -0.3 is 14.8 Å². The molecule has 0 radical (unpaired) electrons. The van der Waals surface area contributed by atoms with Crippen LogP contribution in [-0.4, -0.2) is 29.3 Å². The van der Waals surface area contributed by atoms with Crippen molar-refractivity contribution in [2.45, 2.75) is 0 Å². The van der Waals surface area contributed by atoms with E-state index in [0.717, 1.165) is 0 Å². The van der Waals surface area contributed by atoms with Crippen molar-refractivity contribution in [3.8, 4) is 5.75 Å². The first-order valence-electron chi connectivity index (χ1n) is 3.21. The highest BCUT2D eigenvalue weighted by molar-refractivity contribution is 6.60. The Bertz CT molecular complexity index is 281. The van der Waals surface area contributed by atoms with E-state index in [9.17, 15) is 0 Å². The molecular formula is C6H7BClNO3. The van der Waals surface area contributed by atoms with Crippen LogP contribution in [0.3, 0.4) is 0 Å². The molecule has 0 aliphatic rings. The molecule has 0 amide bonds. The summed E-state index contributed by atoms with van der Waals surface area (Å²) in [6.45, 7) is 0. The molecule has 1 heterocycles. The SMILES string of the molecule is COc1c(B(O)O)ccnc1Cl. The van der Waals surface area contributed by atoms with Crippen LogP contribution in [0.1, 0.15) is 0 Å². The van der Waals surface area contributed by atoms with Crippen molar-refractivity contribution in [2.24, 2.45) is 0 Å². The van der Waals surface area contributed by atoms with Crippen molar-refractivity contribution >= 4 is 24.2 Å². The third-order valence-electron chi connectivity index (χ3n) is 1.37. The summed E-state index contributed by atoms with van der Waals surface area (Å²) in [6.07, 6.45) is 1.37. The molecule has 0 aliphatic carbocycles. The van der Waals surface area contributed by atoms with Gasteiger partial charge in [-0.15, -0.1) is 0 Å². The van der Waals surface area contributed by atoms with Gasteiger partial charge in [-0.05, 0) is 6.07 Å². The number of hydrogen-bond donors (Lipinski definition) is 2. The minimum absolute atomic E-state index is 0.114. The van der Waals surface area contributed by atoms with E-state index in [-0.39, 0.29) is 16.4 Å². The molecule has 0 saturated carbocycles. The molecule has 4 nitrogen and oxygen atoms in total. The molecule has 0 spiro atoms. The molecule has 0 saturated heterocycles. The van der Waals surface area contributed by atoms with Crippen molar-refractivity contribution in [1.29, 1.82) is 0 Å². The van der Waals surface area contributed by atoms with Crippen LogP contribution in [0, 0.1) is 0 Å². The van der Waals surface area contributed by atoms with Crippen molar-refractivity contribution in [3.63, 3.8) is 0 Å². The van der Waals surface area contributed by atoms with E-state index in [4.69, 9.17) is 26.4 Å². The van der Waals surface area contributed by atoms with Crippen LogP contribution in [0.4, 0.5) is 0 Å². The normalized spacial score (nSPS) is 9.67. The van der Waals surface area contributed by atoms with Gasteiger partial charge in [-0.2, -0.15) is 0 Å². The first-order chi connectivity index (χ1) is 5.66. The Morgan fingerprint density at radius 2 is 2.25 bits per heavy atom. The lowest BCUT2D eigenvalue weighted by Gasteiger charge is -2.07. The highest BCUT2D eigenvalue weighted by atomic mass is 35.5. The Hall–Kier alpha value is -0.775. The average molecular weight is 187 g/mol. The van der Waals surface area contributed by atoms with Gasteiger partial charge in [-0.25, -0.2) is 4.98 Å². The summed E-state index contributed by atoms with van der Waals surface area (Å²) < 4.78 is 4.82. The Morgan fingerprint density at radius 1 is 1.58 bits per heavy atom. The second kappa shape index (κ2) is 3.75. The van der Waals surface area contributed by atoms with Crippen molar-refractivity contribution in [1.82, 2.24) is 4.98 Å². The maximum absolute atomic E-state index is 8.85. The molecule has 6 heteroatoms. The molecule has 0 unspecified atom stereocenters. The number of rotatable bonds is 2. The average Bonchev–Trinajstić information content (AvgIpc) is 2.03. The molecule has 64 valence electrons. The van der Waals surface area contributed by atoms with Crippen molar-refractivity contribution in [2.75, 3.05) is 7.11 Å². The topological polar surface area (TPSA) is 62.6 Å². The minimum atomic E-state index is -1.60. The quantitative estimate of drug-likeness (QED) is 0.480. The van der Waals surface area contributed by atoms with Crippen molar-refractivity contribution in [3.05, 3.63) is 17.4 Å². The molecule has 0 aromatic carbocycles. The van der Waals surface area contributed by atoms with E-state index >= 15 is 0 Å². The summed E-state index contributed by atoms with van der Waals surface area (Å²) in [4.78, 5) is 3.71. The van der Waals surface area contributed by atoms with Gasteiger partial charge in [0.2, 0.25) is 0 Å². The molecular weight excluding hydrogens is 180 g/mol. The number of halogens is 1. The number of pyridine rings is 1. The Labute approximate surface area is 74.9 Å². The molecule has 1 aromatic rings. The standard InChI is InChI=1S/C6H7BClNO3/c1-12-5-4(7(10)11)2-3-9-6(5)8/h2-3,10-11H,1H3. The zero-order valence-electron chi connectivity index (χ0n) is 6.36. The molecule has 0 atom stereocenters. The van der Waals surface area contributed by atoms with Crippen LogP contribution in [0.5, 0.6) is 5.75 Å². The van der Waals surface area contributed by atoms with Crippen LogP contribution < -0.4 is 10.2 Å². The van der Waals surface area contributed by atoms with Crippen LogP contribution in [0.25, 0.3) is 0 Å². The monoisotopic (exact) mass is 187 g/mol. The zero-order chi connectivity index (χ0) is 9.14. The fraction of sp³-hybridized carbons (Fsp3) is 0.167. The molecule has 0 fully saturated rings. The lowest BCUT2D eigenvalue weighted by Crippen LogP contribution is -2.31. The van der Waals surface area contributed by atoms with Gasteiger partial charge >= 0.3 is 7.12 Å². The second-order valence-electron chi connectivity index (χ2n) is 2.10. The number of ether oxygens (including phenoxy) is 1. The van der Waals surface area contributed by atoms with Crippen LogP contribution >= 0.6 is 11.6 Å². The van der Waals surface area contributed by atoms with Gasteiger partial charge in [0.05, 0.1) is 7.11 Å². The second-order valence-corrected chi connectivity index (χ2v) is 2.46. The van der Waals surface area contributed by atoms with E-state index in [1.165, 1.54) is 19.4 Å². The van der Waals surface area contributed by atoms with E-state index in [2.05, 4.69) is 4.98 Å². The molecule has 2 N–H and O–H groups in total. The number of nitrogens with zero attached hydrogens (tertiary/aromatic N) is 1. The Kier molecular flexibility index (Phi) is 2.91. The summed E-state index contributed by atoms with van der Waals surface area (Å²) in [7, 11) is -0.213. The fourth-order valence-electron chi connectivity index (χ4n) is 0.842. The van der Waals surface area contributed by atoms with Gasteiger partial charge in [0.15, 0.2) is 10.9 Å². The van der Waals surface area contributed by atoms with Crippen LogP contribution in [0.2, 0.25) is 5.15 Å². The predicted molar refractivity (Wildman–Crippen MR) is 45.6 cm³/mol. The van der Waals surface area contributed by atoms with Gasteiger partial charge in [0.1, 0.15) is 0 Å². The van der Waals surface area contributed by atoms with E-state index in [1.807, 2.05) is 0 Å². The summed E-state index contributed by atoms with van der Waals surface area (Å²) in [6, 6.07) is 1.43. The number of hydrogen-bond acceptors (Lipinski definition) is 4. The third kappa shape index (κ3) is 1.69. The lowest BCUT2D eigenvalue weighted by atomic mass is 9.80. The predicted octanol–water partition coefficient (Wildman–Crippen LogP) is -0.577. The molecule has 1 rings (SSSR count). The van der Waals surface area contributed by atoms with E-state index < -0.39 is 7.12 Å². The van der Waals surface area contributed by atoms with Crippen LogP contribution in [0.15, 0.2) is 12.3 Å². The zero-order valence-corrected chi connectivity index (χ0v) is 7.12. The molecule has 0 bridgehead atoms.